The average Bonchev–Trinajstić information content (AvgIpc) is 3.77. The van der Waals surface area contributed by atoms with Crippen molar-refractivity contribution in [3.63, 3.8) is 0 Å². The molecule has 244 valence electrons. The van der Waals surface area contributed by atoms with Crippen LogP contribution in [0.5, 0.6) is 0 Å². The van der Waals surface area contributed by atoms with Crippen molar-refractivity contribution < 1.29 is 0 Å². The van der Waals surface area contributed by atoms with E-state index in [1.807, 2.05) is 42.5 Å². The lowest BCUT2D eigenvalue weighted by Gasteiger charge is -2.11. The molecule has 0 saturated heterocycles. The highest BCUT2D eigenvalue weighted by Crippen LogP contribution is 2.42. The molecule has 0 saturated carbocycles. The second kappa shape index (κ2) is 11.8. The lowest BCUT2D eigenvalue weighted by Crippen LogP contribution is -2.04. The van der Waals surface area contributed by atoms with Crippen molar-refractivity contribution in [2.24, 2.45) is 9.98 Å². The first-order valence-corrected chi connectivity index (χ1v) is 17.4. The molecular weight excluding hydrogens is 635 g/mol. The van der Waals surface area contributed by atoms with Crippen molar-refractivity contribution in [3.8, 4) is 16.8 Å². The van der Waals surface area contributed by atoms with Crippen LogP contribution < -0.4 is 0 Å². The Morgan fingerprint density at radius 2 is 1.12 bits per heavy atom. The van der Waals surface area contributed by atoms with Gasteiger partial charge in [-0.2, -0.15) is 0 Å². The summed E-state index contributed by atoms with van der Waals surface area (Å²) in [4.78, 5) is 8.78. The Labute approximate surface area is 299 Å². The predicted molar refractivity (Wildman–Crippen MR) is 219 cm³/mol. The molecule has 0 bridgehead atoms. The molecule has 5 heteroatoms. The maximum atomic E-state index is 9.05. The second-order valence-corrected chi connectivity index (χ2v) is 13.1. The third kappa shape index (κ3) is 4.53. The summed E-state index contributed by atoms with van der Waals surface area (Å²) in [7, 11) is 0. The molecule has 0 aliphatic heterocycles. The minimum atomic E-state index is 0.123. The summed E-state index contributed by atoms with van der Waals surface area (Å²) in [5.41, 5.74) is 10.5. The van der Waals surface area contributed by atoms with Crippen molar-refractivity contribution >= 4 is 78.3 Å². The van der Waals surface area contributed by atoms with E-state index < -0.39 is 0 Å². The molecule has 0 amide bonds. The smallest absolute Gasteiger partial charge is 0.161 e. The number of fused-ring (bicyclic) bond motifs is 12. The molecule has 10 rings (SSSR count). The summed E-state index contributed by atoms with van der Waals surface area (Å²) in [6, 6.07) is 59.4. The van der Waals surface area contributed by atoms with Gasteiger partial charge in [-0.3, -0.25) is 5.41 Å². The van der Waals surface area contributed by atoms with Gasteiger partial charge in [0.1, 0.15) is 0 Å². The topological polar surface area (TPSA) is 57.9 Å². The molecule has 0 aliphatic carbocycles. The number of nitrogens with zero attached hydrogens (tertiary/aromatic N) is 4. The van der Waals surface area contributed by atoms with E-state index in [0.717, 1.165) is 33.2 Å². The van der Waals surface area contributed by atoms with Crippen LogP contribution in [0.2, 0.25) is 0 Å². The number of hydrogen-bond acceptors (Lipinski definition) is 1. The van der Waals surface area contributed by atoms with E-state index in [4.69, 9.17) is 5.41 Å². The first-order valence-electron chi connectivity index (χ1n) is 17.4. The fourth-order valence-corrected chi connectivity index (χ4v) is 7.91. The molecule has 0 radical (unpaired) electrons. The highest BCUT2D eigenvalue weighted by Gasteiger charge is 2.20. The lowest BCUT2D eigenvalue weighted by molar-refractivity contribution is 1.18. The van der Waals surface area contributed by atoms with Gasteiger partial charge >= 0.3 is 0 Å². The number of pyridine rings is 1. The zero-order valence-electron chi connectivity index (χ0n) is 28.2. The van der Waals surface area contributed by atoms with Crippen LogP contribution in [-0.4, -0.2) is 27.4 Å². The van der Waals surface area contributed by atoms with Crippen molar-refractivity contribution in [1.29, 1.82) is 5.41 Å². The first kappa shape index (κ1) is 29.8. The van der Waals surface area contributed by atoms with Gasteiger partial charge in [-0.25, -0.2) is 9.98 Å². The zero-order chi connectivity index (χ0) is 34.8. The van der Waals surface area contributed by atoms with Gasteiger partial charge in [-0.1, -0.05) is 127 Å². The number of rotatable bonds is 4. The van der Waals surface area contributed by atoms with E-state index in [-0.39, 0.29) is 5.84 Å². The molecule has 3 heterocycles. The summed E-state index contributed by atoms with van der Waals surface area (Å²) < 4.78 is 4.77. The lowest BCUT2D eigenvalue weighted by atomic mass is 10.0. The molecule has 7 aromatic carbocycles. The normalized spacial score (nSPS) is 12.1. The average molecular weight is 666 g/mol. The fraction of sp³-hybridized carbons (Fsp3) is 0. The standard InChI is InChI=1S/C47H31N5/c1-49-47(31-15-6-3-7-16-31)50-46(48)33-17-12-18-34(27-33)51-42-25-23-32(30-13-4-2-5-14-30)28-39(42)38-24-26-43-40(45(38)51)29-44-37-21-9-8-19-35(37)36-20-10-11-22-41(36)52(43)44/h2-29,48H,1H2. The Bertz CT molecular complexity index is 3090. The maximum absolute atomic E-state index is 9.05. The van der Waals surface area contributed by atoms with Crippen molar-refractivity contribution in [3.05, 3.63) is 181 Å². The molecule has 10 aromatic rings. The predicted octanol–water partition coefficient (Wildman–Crippen LogP) is 11.6. The van der Waals surface area contributed by atoms with Gasteiger partial charge in [-0.15, -0.1) is 0 Å². The van der Waals surface area contributed by atoms with Gasteiger partial charge in [0.05, 0.1) is 27.6 Å². The Kier molecular flexibility index (Phi) is 6.73. The summed E-state index contributed by atoms with van der Waals surface area (Å²) in [5.74, 6) is 0.542. The van der Waals surface area contributed by atoms with Crippen LogP contribution in [0, 0.1) is 5.41 Å². The number of hydrogen-bond donors (Lipinski definition) is 1. The summed E-state index contributed by atoms with van der Waals surface area (Å²) in [6.45, 7) is 3.74. The molecule has 5 nitrogen and oxygen atoms in total. The molecule has 3 aromatic heterocycles. The van der Waals surface area contributed by atoms with Crippen LogP contribution in [0.3, 0.4) is 0 Å². The van der Waals surface area contributed by atoms with Crippen LogP contribution in [0.1, 0.15) is 11.1 Å². The van der Waals surface area contributed by atoms with E-state index >= 15 is 0 Å². The maximum Gasteiger partial charge on any atom is 0.161 e. The van der Waals surface area contributed by atoms with Gasteiger partial charge in [0.15, 0.2) is 11.7 Å². The Hall–Kier alpha value is -7.11. The third-order valence-electron chi connectivity index (χ3n) is 10.2. The van der Waals surface area contributed by atoms with Crippen LogP contribution in [-0.2, 0) is 0 Å². The molecule has 0 fully saturated rings. The monoisotopic (exact) mass is 665 g/mol. The Morgan fingerprint density at radius 1 is 0.462 bits per heavy atom. The van der Waals surface area contributed by atoms with E-state index in [2.05, 4.69) is 153 Å². The number of para-hydroxylation sites is 1. The quantitative estimate of drug-likeness (QED) is 0.110. The largest absolute Gasteiger partial charge is 0.309 e. The van der Waals surface area contributed by atoms with E-state index in [9.17, 15) is 0 Å². The first-order chi connectivity index (χ1) is 25.7. The molecule has 0 atom stereocenters. The summed E-state index contributed by atoms with van der Waals surface area (Å²) in [6.07, 6.45) is 0. The van der Waals surface area contributed by atoms with Gasteiger partial charge in [0.25, 0.3) is 0 Å². The minimum absolute atomic E-state index is 0.123. The van der Waals surface area contributed by atoms with Crippen LogP contribution in [0.4, 0.5) is 0 Å². The number of aliphatic imine (C=N–C) groups is 2. The number of nitrogens with one attached hydrogen (secondary N) is 1. The summed E-state index contributed by atoms with van der Waals surface area (Å²) in [5, 5.41) is 16.3. The van der Waals surface area contributed by atoms with E-state index in [1.54, 1.807) is 0 Å². The Morgan fingerprint density at radius 3 is 1.90 bits per heavy atom. The van der Waals surface area contributed by atoms with Crippen LogP contribution >= 0.6 is 0 Å². The molecule has 0 unspecified atom stereocenters. The molecule has 1 N–H and O–H groups in total. The Balaban J connectivity index is 1.28. The number of benzene rings is 7. The molecular formula is C47H31N5. The van der Waals surface area contributed by atoms with Gasteiger partial charge in [0, 0.05) is 43.7 Å². The van der Waals surface area contributed by atoms with Crippen LogP contribution in [0.25, 0.3) is 76.7 Å². The van der Waals surface area contributed by atoms with Gasteiger partial charge in [-0.05, 0) is 65.7 Å². The van der Waals surface area contributed by atoms with Crippen LogP contribution in [0.15, 0.2) is 180 Å². The molecule has 52 heavy (non-hydrogen) atoms. The van der Waals surface area contributed by atoms with Crippen molar-refractivity contribution in [2.75, 3.05) is 0 Å². The minimum Gasteiger partial charge on any atom is -0.309 e. The molecule has 0 spiro atoms. The van der Waals surface area contributed by atoms with Gasteiger partial charge in [0.2, 0.25) is 0 Å². The number of aromatic nitrogens is 2. The number of amidine groups is 2. The van der Waals surface area contributed by atoms with E-state index in [0.29, 0.717) is 11.4 Å². The highest BCUT2D eigenvalue weighted by atomic mass is 15.0. The fourth-order valence-electron chi connectivity index (χ4n) is 7.91. The van der Waals surface area contributed by atoms with Crippen molar-refractivity contribution in [2.45, 2.75) is 0 Å². The SMILES string of the molecule is C=NC(=NC(=N)c1cccc(-n2c3ccc(-c4ccccc4)cc3c3ccc4c(cc5c6ccccc6c6ccccc6n54)c32)c1)c1ccccc1. The molecule has 0 aliphatic rings. The summed E-state index contributed by atoms with van der Waals surface area (Å²) >= 11 is 0. The zero-order valence-corrected chi connectivity index (χ0v) is 28.2. The van der Waals surface area contributed by atoms with Gasteiger partial charge < -0.3 is 8.97 Å². The third-order valence-corrected chi connectivity index (χ3v) is 10.2. The highest BCUT2D eigenvalue weighted by molar-refractivity contribution is 6.23. The van der Waals surface area contributed by atoms with Crippen molar-refractivity contribution in [1.82, 2.24) is 8.97 Å². The van der Waals surface area contributed by atoms with E-state index in [1.165, 1.54) is 49.1 Å². The second-order valence-electron chi connectivity index (χ2n) is 13.1.